The fourth-order valence-electron chi connectivity index (χ4n) is 2.17. The summed E-state index contributed by atoms with van der Waals surface area (Å²) in [4.78, 5) is 19.4. The summed E-state index contributed by atoms with van der Waals surface area (Å²) in [5.41, 5.74) is 1.99. The molecule has 3 rings (SSSR count). The molecule has 0 unspecified atom stereocenters. The van der Waals surface area contributed by atoms with Crippen LogP contribution < -0.4 is 10.6 Å². The van der Waals surface area contributed by atoms with E-state index in [-0.39, 0.29) is 6.03 Å². The predicted molar refractivity (Wildman–Crippen MR) is 82.7 cm³/mol. The third-order valence-corrected chi connectivity index (χ3v) is 3.18. The van der Waals surface area contributed by atoms with E-state index in [1.165, 1.54) is 0 Å². The zero-order valence-corrected chi connectivity index (χ0v) is 12.2. The summed E-state index contributed by atoms with van der Waals surface area (Å²) in [6.07, 6.45) is 1.57. The molecule has 7 nitrogen and oxygen atoms in total. The number of hydrogen-bond donors (Lipinski definition) is 3. The number of rotatable bonds is 5. The lowest BCUT2D eigenvalue weighted by Gasteiger charge is -2.04. The molecule has 3 aromatic rings. The molecule has 0 saturated carbocycles. The van der Waals surface area contributed by atoms with E-state index >= 15 is 0 Å². The normalized spacial score (nSPS) is 10.8. The number of aromatic amines is 1. The average Bonchev–Trinajstić information content (AvgIpc) is 3.09. The van der Waals surface area contributed by atoms with Gasteiger partial charge in [0.1, 0.15) is 11.6 Å². The Morgan fingerprint density at radius 1 is 1.36 bits per heavy atom. The molecular formula is C15H17N5O2. The van der Waals surface area contributed by atoms with Crippen molar-refractivity contribution < 1.29 is 9.32 Å². The SMILES string of the molecule is Cc1cc(NC(=O)NCCCc2nc3ccccc3[nH]2)no1. The molecule has 0 radical (unpaired) electrons. The molecule has 0 bridgehead atoms. The largest absolute Gasteiger partial charge is 0.360 e. The lowest BCUT2D eigenvalue weighted by atomic mass is 10.3. The highest BCUT2D eigenvalue weighted by Crippen LogP contribution is 2.11. The Morgan fingerprint density at radius 2 is 2.23 bits per heavy atom. The van der Waals surface area contributed by atoms with Crippen molar-refractivity contribution in [3.8, 4) is 0 Å². The second-order valence-electron chi connectivity index (χ2n) is 5.01. The molecule has 0 saturated heterocycles. The van der Waals surface area contributed by atoms with Crippen LogP contribution in [0, 0.1) is 6.92 Å². The smallest absolute Gasteiger partial charge is 0.320 e. The van der Waals surface area contributed by atoms with Crippen molar-refractivity contribution in [2.75, 3.05) is 11.9 Å². The second-order valence-corrected chi connectivity index (χ2v) is 5.01. The van der Waals surface area contributed by atoms with E-state index in [1.54, 1.807) is 13.0 Å². The monoisotopic (exact) mass is 299 g/mol. The fourth-order valence-corrected chi connectivity index (χ4v) is 2.17. The van der Waals surface area contributed by atoms with E-state index in [4.69, 9.17) is 4.52 Å². The number of hydrogen-bond acceptors (Lipinski definition) is 4. The second kappa shape index (κ2) is 6.30. The molecule has 7 heteroatoms. The van der Waals surface area contributed by atoms with Crippen LogP contribution in [-0.4, -0.2) is 27.7 Å². The molecule has 0 aliphatic carbocycles. The van der Waals surface area contributed by atoms with Gasteiger partial charge in [-0.2, -0.15) is 0 Å². The number of nitrogens with one attached hydrogen (secondary N) is 3. The standard InChI is InChI=1S/C15H17N5O2/c1-10-9-14(20-22-10)19-15(21)16-8-4-7-13-17-11-5-2-3-6-12(11)18-13/h2-3,5-6,9H,4,7-8H2,1H3,(H,17,18)(H2,16,19,20,21). The number of imidazole rings is 1. The van der Waals surface area contributed by atoms with Crippen molar-refractivity contribution in [3.05, 3.63) is 41.9 Å². The van der Waals surface area contributed by atoms with Gasteiger partial charge in [-0.05, 0) is 25.5 Å². The topological polar surface area (TPSA) is 95.8 Å². The number of carbonyl (C=O) groups is 1. The van der Waals surface area contributed by atoms with Crippen molar-refractivity contribution in [2.45, 2.75) is 19.8 Å². The first-order valence-electron chi connectivity index (χ1n) is 7.12. The number of nitrogens with zero attached hydrogens (tertiary/aromatic N) is 2. The van der Waals surface area contributed by atoms with Crippen LogP contribution in [-0.2, 0) is 6.42 Å². The lowest BCUT2D eigenvalue weighted by Crippen LogP contribution is -2.29. The predicted octanol–water partition coefficient (Wildman–Crippen LogP) is 2.61. The van der Waals surface area contributed by atoms with Crippen molar-refractivity contribution in [3.63, 3.8) is 0 Å². The van der Waals surface area contributed by atoms with Gasteiger partial charge in [-0.3, -0.25) is 5.32 Å². The first-order valence-corrected chi connectivity index (χ1v) is 7.12. The minimum absolute atomic E-state index is 0.294. The van der Waals surface area contributed by atoms with Crippen molar-refractivity contribution in [2.24, 2.45) is 0 Å². The fraction of sp³-hybridized carbons (Fsp3) is 0.267. The molecule has 0 spiro atoms. The Bertz CT molecular complexity index is 744. The number of amides is 2. The number of para-hydroxylation sites is 2. The summed E-state index contributed by atoms with van der Waals surface area (Å²) >= 11 is 0. The maximum Gasteiger partial charge on any atom is 0.320 e. The maximum atomic E-state index is 11.6. The first-order chi connectivity index (χ1) is 10.7. The van der Waals surface area contributed by atoms with Gasteiger partial charge in [0.15, 0.2) is 5.82 Å². The van der Waals surface area contributed by atoms with Gasteiger partial charge in [-0.15, -0.1) is 0 Å². The third-order valence-electron chi connectivity index (χ3n) is 3.18. The number of H-pyrrole nitrogens is 1. The van der Waals surface area contributed by atoms with Gasteiger partial charge in [0.25, 0.3) is 0 Å². The Hall–Kier alpha value is -2.83. The number of anilines is 1. The van der Waals surface area contributed by atoms with E-state index in [0.717, 1.165) is 29.7 Å². The maximum absolute atomic E-state index is 11.6. The van der Waals surface area contributed by atoms with E-state index in [0.29, 0.717) is 18.1 Å². The molecule has 0 aliphatic heterocycles. The summed E-state index contributed by atoms with van der Waals surface area (Å²) in [5, 5.41) is 9.07. The quantitative estimate of drug-likeness (QED) is 0.631. The highest BCUT2D eigenvalue weighted by molar-refractivity contribution is 5.88. The molecule has 2 heterocycles. The van der Waals surface area contributed by atoms with Gasteiger partial charge in [0, 0.05) is 19.0 Å². The lowest BCUT2D eigenvalue weighted by molar-refractivity contribution is 0.251. The van der Waals surface area contributed by atoms with Crippen molar-refractivity contribution >= 4 is 22.9 Å². The van der Waals surface area contributed by atoms with E-state index in [2.05, 4.69) is 25.8 Å². The summed E-state index contributed by atoms with van der Waals surface area (Å²) in [7, 11) is 0. The van der Waals surface area contributed by atoms with Crippen LogP contribution in [0.1, 0.15) is 18.0 Å². The summed E-state index contributed by atoms with van der Waals surface area (Å²) in [6.45, 7) is 2.32. The first kappa shape index (κ1) is 14.1. The van der Waals surface area contributed by atoms with E-state index in [1.807, 2.05) is 24.3 Å². The minimum Gasteiger partial charge on any atom is -0.360 e. The van der Waals surface area contributed by atoms with Crippen LogP contribution in [0.5, 0.6) is 0 Å². The number of aromatic nitrogens is 3. The molecule has 22 heavy (non-hydrogen) atoms. The number of benzene rings is 1. The number of aryl methyl sites for hydroxylation is 2. The summed E-state index contributed by atoms with van der Waals surface area (Å²) < 4.78 is 4.87. The highest BCUT2D eigenvalue weighted by Gasteiger charge is 2.06. The molecule has 114 valence electrons. The van der Waals surface area contributed by atoms with Crippen molar-refractivity contribution in [1.82, 2.24) is 20.4 Å². The zero-order valence-electron chi connectivity index (χ0n) is 12.2. The molecule has 0 fully saturated rings. The van der Waals surface area contributed by atoms with Crippen molar-refractivity contribution in [1.29, 1.82) is 0 Å². The van der Waals surface area contributed by atoms with Crippen LogP contribution in [0.15, 0.2) is 34.9 Å². The van der Waals surface area contributed by atoms with Gasteiger partial charge < -0.3 is 14.8 Å². The molecule has 3 N–H and O–H groups in total. The Morgan fingerprint density at radius 3 is 3.00 bits per heavy atom. The number of fused-ring (bicyclic) bond motifs is 1. The average molecular weight is 299 g/mol. The van der Waals surface area contributed by atoms with Crippen LogP contribution in [0.25, 0.3) is 11.0 Å². The molecule has 0 atom stereocenters. The van der Waals surface area contributed by atoms with Crippen LogP contribution in [0.4, 0.5) is 10.6 Å². The minimum atomic E-state index is -0.294. The summed E-state index contributed by atoms with van der Waals surface area (Å²) in [5.74, 6) is 1.99. The Labute approximate surface area is 127 Å². The zero-order chi connectivity index (χ0) is 15.4. The van der Waals surface area contributed by atoms with Gasteiger partial charge in [0.05, 0.1) is 11.0 Å². The van der Waals surface area contributed by atoms with Gasteiger partial charge in [-0.25, -0.2) is 9.78 Å². The van der Waals surface area contributed by atoms with Crippen LogP contribution in [0.3, 0.4) is 0 Å². The molecule has 2 aromatic heterocycles. The third kappa shape index (κ3) is 3.43. The molecule has 1 aromatic carbocycles. The van der Waals surface area contributed by atoms with Gasteiger partial charge in [-0.1, -0.05) is 17.3 Å². The highest BCUT2D eigenvalue weighted by atomic mass is 16.5. The molecule has 2 amide bonds. The van der Waals surface area contributed by atoms with E-state index < -0.39 is 0 Å². The molecular weight excluding hydrogens is 282 g/mol. The number of urea groups is 1. The Kier molecular flexibility index (Phi) is 4.04. The Balaban J connectivity index is 1.42. The van der Waals surface area contributed by atoms with Gasteiger partial charge in [0.2, 0.25) is 0 Å². The van der Waals surface area contributed by atoms with Crippen LogP contribution in [0.2, 0.25) is 0 Å². The van der Waals surface area contributed by atoms with Gasteiger partial charge >= 0.3 is 6.03 Å². The summed E-state index contributed by atoms with van der Waals surface area (Å²) in [6, 6.07) is 9.27. The molecule has 0 aliphatic rings. The number of carbonyl (C=O) groups excluding carboxylic acids is 1. The van der Waals surface area contributed by atoms with E-state index in [9.17, 15) is 4.79 Å². The van der Waals surface area contributed by atoms with Crippen LogP contribution >= 0.6 is 0 Å².